The van der Waals surface area contributed by atoms with Gasteiger partial charge < -0.3 is 29.9 Å². The number of halogens is 1. The van der Waals surface area contributed by atoms with Crippen LogP contribution in [0.2, 0.25) is 5.02 Å². The average Bonchev–Trinajstić information content (AvgIpc) is 2.40. The second-order valence-electron chi connectivity index (χ2n) is 4.28. The normalized spacial score (nSPS) is 35.1. The largest absolute Gasteiger partial charge is 0.489 e. The van der Waals surface area contributed by atoms with E-state index in [4.69, 9.17) is 21.1 Å². The van der Waals surface area contributed by atoms with Crippen LogP contribution < -0.4 is 4.74 Å². The SMILES string of the molecule is O[C@@H]1[C@@H](O)[C@H](O)O[C@H](COc2ccccc2Cl)[C@H]1O. The topological polar surface area (TPSA) is 99.4 Å². The molecule has 1 aromatic carbocycles. The number of benzene rings is 1. The zero-order chi connectivity index (χ0) is 14.0. The Morgan fingerprint density at radius 1 is 1.05 bits per heavy atom. The minimum Gasteiger partial charge on any atom is -0.489 e. The summed E-state index contributed by atoms with van der Waals surface area (Å²) in [5.74, 6) is 0.398. The highest BCUT2D eigenvalue weighted by Crippen LogP contribution is 2.25. The van der Waals surface area contributed by atoms with Crippen molar-refractivity contribution in [2.24, 2.45) is 0 Å². The van der Waals surface area contributed by atoms with Gasteiger partial charge in [-0.05, 0) is 12.1 Å². The Labute approximate surface area is 114 Å². The van der Waals surface area contributed by atoms with E-state index in [1.165, 1.54) is 0 Å². The molecule has 2 rings (SSSR count). The summed E-state index contributed by atoms with van der Waals surface area (Å²) in [4.78, 5) is 0. The molecule has 5 atom stereocenters. The standard InChI is InChI=1S/C12H15ClO6/c13-6-3-1-2-4-7(6)18-5-8-9(14)10(15)11(16)12(17)19-8/h1-4,8-12,14-17H,5H2/t8-,9-,10+,11-,12-/m1/s1. The van der Waals surface area contributed by atoms with Gasteiger partial charge in [0.2, 0.25) is 0 Å². The van der Waals surface area contributed by atoms with Crippen molar-refractivity contribution in [1.82, 2.24) is 0 Å². The molecule has 0 saturated carbocycles. The lowest BCUT2D eigenvalue weighted by atomic mass is 9.99. The third-order valence-corrected chi connectivity index (χ3v) is 3.24. The fourth-order valence-electron chi connectivity index (χ4n) is 1.80. The summed E-state index contributed by atoms with van der Waals surface area (Å²) < 4.78 is 10.3. The van der Waals surface area contributed by atoms with E-state index in [2.05, 4.69) is 0 Å². The van der Waals surface area contributed by atoms with Crippen LogP contribution in [0.4, 0.5) is 0 Å². The predicted octanol–water partition coefficient (Wildman–Crippen LogP) is -0.481. The van der Waals surface area contributed by atoms with Crippen LogP contribution in [0, 0.1) is 0 Å². The number of ether oxygens (including phenoxy) is 2. The molecule has 0 aliphatic carbocycles. The van der Waals surface area contributed by atoms with Crippen LogP contribution in [-0.2, 0) is 4.74 Å². The Kier molecular flexibility index (Phi) is 4.62. The molecule has 0 radical (unpaired) electrons. The minimum atomic E-state index is -1.57. The summed E-state index contributed by atoms with van der Waals surface area (Å²) in [6.07, 6.45) is -6.95. The molecule has 1 fully saturated rings. The maximum Gasteiger partial charge on any atom is 0.184 e. The summed E-state index contributed by atoms with van der Waals surface area (Å²) in [6, 6.07) is 6.75. The number of hydrogen-bond donors (Lipinski definition) is 4. The third kappa shape index (κ3) is 3.17. The van der Waals surface area contributed by atoms with Crippen molar-refractivity contribution >= 4 is 11.6 Å². The van der Waals surface area contributed by atoms with E-state index in [1.807, 2.05) is 0 Å². The molecule has 1 aliphatic heterocycles. The quantitative estimate of drug-likeness (QED) is 0.600. The Hall–Kier alpha value is -0.890. The van der Waals surface area contributed by atoms with Crippen molar-refractivity contribution in [3.05, 3.63) is 29.3 Å². The maximum absolute atomic E-state index is 9.71. The van der Waals surface area contributed by atoms with E-state index in [0.717, 1.165) is 0 Å². The van der Waals surface area contributed by atoms with Crippen molar-refractivity contribution in [3.8, 4) is 5.75 Å². The van der Waals surface area contributed by atoms with Gasteiger partial charge in [-0.3, -0.25) is 0 Å². The van der Waals surface area contributed by atoms with Gasteiger partial charge in [-0.2, -0.15) is 0 Å². The molecule has 4 N–H and O–H groups in total. The first-order valence-corrected chi connectivity index (χ1v) is 6.13. The van der Waals surface area contributed by atoms with Crippen LogP contribution in [-0.4, -0.2) is 57.7 Å². The first-order valence-electron chi connectivity index (χ1n) is 5.75. The zero-order valence-electron chi connectivity index (χ0n) is 9.89. The van der Waals surface area contributed by atoms with Crippen molar-refractivity contribution in [2.75, 3.05) is 6.61 Å². The van der Waals surface area contributed by atoms with Crippen molar-refractivity contribution in [1.29, 1.82) is 0 Å². The fourth-order valence-corrected chi connectivity index (χ4v) is 1.99. The Morgan fingerprint density at radius 2 is 1.74 bits per heavy atom. The molecule has 0 amide bonds. The molecule has 0 spiro atoms. The third-order valence-electron chi connectivity index (χ3n) is 2.93. The van der Waals surface area contributed by atoms with Crippen molar-refractivity contribution in [3.63, 3.8) is 0 Å². The molecular weight excluding hydrogens is 276 g/mol. The Morgan fingerprint density at radius 3 is 2.42 bits per heavy atom. The molecule has 106 valence electrons. The lowest BCUT2D eigenvalue weighted by Crippen LogP contribution is -2.58. The maximum atomic E-state index is 9.71. The number of aliphatic hydroxyl groups excluding tert-OH is 4. The summed E-state index contributed by atoms with van der Waals surface area (Å²) in [6.45, 7) is -0.119. The summed E-state index contributed by atoms with van der Waals surface area (Å²) in [5, 5.41) is 38.3. The van der Waals surface area contributed by atoms with Gasteiger partial charge in [0.05, 0.1) is 5.02 Å². The van der Waals surface area contributed by atoms with Gasteiger partial charge >= 0.3 is 0 Å². The van der Waals surface area contributed by atoms with Gasteiger partial charge in [0.15, 0.2) is 6.29 Å². The number of rotatable bonds is 3. The molecule has 0 bridgehead atoms. The number of hydrogen-bond acceptors (Lipinski definition) is 6. The molecule has 1 saturated heterocycles. The molecule has 6 nitrogen and oxygen atoms in total. The Balaban J connectivity index is 1.98. The van der Waals surface area contributed by atoms with Crippen LogP contribution >= 0.6 is 11.6 Å². The number of para-hydroxylation sites is 1. The van der Waals surface area contributed by atoms with E-state index < -0.39 is 30.7 Å². The van der Waals surface area contributed by atoms with Gasteiger partial charge in [0.1, 0.15) is 36.8 Å². The highest BCUT2D eigenvalue weighted by molar-refractivity contribution is 6.32. The van der Waals surface area contributed by atoms with Gasteiger partial charge in [0, 0.05) is 0 Å². The molecule has 1 aromatic rings. The summed E-state index contributed by atoms with van der Waals surface area (Å²) >= 11 is 5.89. The molecule has 7 heteroatoms. The van der Waals surface area contributed by atoms with Crippen LogP contribution in [0.5, 0.6) is 5.75 Å². The van der Waals surface area contributed by atoms with E-state index in [-0.39, 0.29) is 6.61 Å². The van der Waals surface area contributed by atoms with Gasteiger partial charge in [-0.1, -0.05) is 23.7 Å². The van der Waals surface area contributed by atoms with Gasteiger partial charge in [-0.25, -0.2) is 0 Å². The fraction of sp³-hybridized carbons (Fsp3) is 0.500. The summed E-state index contributed by atoms with van der Waals surface area (Å²) in [5.41, 5.74) is 0. The highest BCUT2D eigenvalue weighted by Gasteiger charge is 2.43. The van der Waals surface area contributed by atoms with Gasteiger partial charge in [-0.15, -0.1) is 0 Å². The lowest BCUT2D eigenvalue weighted by Gasteiger charge is -2.38. The van der Waals surface area contributed by atoms with E-state index >= 15 is 0 Å². The summed E-state index contributed by atoms with van der Waals surface area (Å²) in [7, 11) is 0. The molecule has 0 aromatic heterocycles. The molecule has 1 aliphatic rings. The first kappa shape index (κ1) is 14.5. The highest BCUT2D eigenvalue weighted by atomic mass is 35.5. The van der Waals surface area contributed by atoms with Crippen LogP contribution in [0.25, 0.3) is 0 Å². The minimum absolute atomic E-state index is 0.119. The second kappa shape index (κ2) is 6.04. The molecular formula is C12H15ClO6. The predicted molar refractivity (Wildman–Crippen MR) is 65.8 cm³/mol. The van der Waals surface area contributed by atoms with E-state index in [0.29, 0.717) is 10.8 Å². The van der Waals surface area contributed by atoms with Crippen LogP contribution in [0.3, 0.4) is 0 Å². The Bertz CT molecular complexity index is 428. The van der Waals surface area contributed by atoms with Crippen LogP contribution in [0.1, 0.15) is 0 Å². The first-order chi connectivity index (χ1) is 9.00. The number of aliphatic hydroxyl groups is 4. The van der Waals surface area contributed by atoms with Gasteiger partial charge in [0.25, 0.3) is 0 Å². The molecule has 19 heavy (non-hydrogen) atoms. The second-order valence-corrected chi connectivity index (χ2v) is 4.69. The lowest BCUT2D eigenvalue weighted by molar-refractivity contribution is -0.285. The molecule has 0 unspecified atom stereocenters. The van der Waals surface area contributed by atoms with E-state index in [1.54, 1.807) is 24.3 Å². The zero-order valence-corrected chi connectivity index (χ0v) is 10.6. The smallest absolute Gasteiger partial charge is 0.184 e. The molecule has 1 heterocycles. The van der Waals surface area contributed by atoms with Crippen LogP contribution in [0.15, 0.2) is 24.3 Å². The van der Waals surface area contributed by atoms with Crippen molar-refractivity contribution < 1.29 is 29.9 Å². The average molecular weight is 291 g/mol. The van der Waals surface area contributed by atoms with E-state index in [9.17, 15) is 20.4 Å². The monoisotopic (exact) mass is 290 g/mol. The van der Waals surface area contributed by atoms with Crippen molar-refractivity contribution in [2.45, 2.75) is 30.7 Å².